The van der Waals surface area contributed by atoms with Gasteiger partial charge in [-0.15, -0.1) is 24.0 Å². The molecule has 4 N–H and O–H groups in total. The second-order valence-corrected chi connectivity index (χ2v) is 7.09. The van der Waals surface area contributed by atoms with Crippen molar-refractivity contribution in [3.8, 4) is 5.75 Å². The average Bonchev–Trinajstić information content (AvgIpc) is 3.06. The van der Waals surface area contributed by atoms with E-state index < -0.39 is 6.10 Å². The maximum absolute atomic E-state index is 12.9. The Hall–Kier alpha value is -2.33. The summed E-state index contributed by atoms with van der Waals surface area (Å²) in [6, 6.07) is 14.0. The van der Waals surface area contributed by atoms with Gasteiger partial charge in [-0.25, -0.2) is 4.39 Å². The molecule has 3 rings (SSSR count). The molecule has 0 radical (unpaired) electrons. The van der Waals surface area contributed by atoms with Gasteiger partial charge in [0.05, 0.1) is 6.54 Å². The number of hydrogen-bond donors (Lipinski definition) is 4. The molecule has 0 saturated carbocycles. The van der Waals surface area contributed by atoms with Gasteiger partial charge in [-0.1, -0.05) is 18.2 Å². The first-order valence-electron chi connectivity index (χ1n) is 10.2. The van der Waals surface area contributed by atoms with Crippen molar-refractivity contribution < 1.29 is 14.2 Å². The van der Waals surface area contributed by atoms with Crippen LogP contribution in [0.1, 0.15) is 18.2 Å². The lowest BCUT2D eigenvalue weighted by Crippen LogP contribution is -2.39. The zero-order valence-corrected chi connectivity index (χ0v) is 20.2. The SMILES string of the molecule is CCNC(=NCC(O)COc1ccc(F)cc1)NCCc1c(C)[nH]c2ccccc12.I. The first-order chi connectivity index (χ1) is 14.6. The largest absolute Gasteiger partial charge is 0.491 e. The molecule has 0 saturated heterocycles. The summed E-state index contributed by atoms with van der Waals surface area (Å²) in [5, 5.41) is 17.9. The number of hydrogen-bond acceptors (Lipinski definition) is 3. The van der Waals surface area contributed by atoms with Gasteiger partial charge in [0.25, 0.3) is 0 Å². The number of benzene rings is 2. The van der Waals surface area contributed by atoms with E-state index in [0.717, 1.165) is 25.0 Å². The van der Waals surface area contributed by atoms with Gasteiger partial charge in [-0.2, -0.15) is 0 Å². The van der Waals surface area contributed by atoms with Crippen molar-refractivity contribution >= 4 is 40.8 Å². The van der Waals surface area contributed by atoms with Gasteiger partial charge in [-0.05, 0) is 56.2 Å². The summed E-state index contributed by atoms with van der Waals surface area (Å²) in [4.78, 5) is 7.86. The summed E-state index contributed by atoms with van der Waals surface area (Å²) >= 11 is 0. The summed E-state index contributed by atoms with van der Waals surface area (Å²) in [5.74, 6) is 0.839. The number of rotatable bonds is 9. The van der Waals surface area contributed by atoms with E-state index in [0.29, 0.717) is 11.7 Å². The highest BCUT2D eigenvalue weighted by Gasteiger charge is 2.09. The van der Waals surface area contributed by atoms with E-state index in [1.807, 2.05) is 19.1 Å². The molecule has 0 bridgehead atoms. The van der Waals surface area contributed by atoms with Crippen LogP contribution in [0.4, 0.5) is 4.39 Å². The summed E-state index contributed by atoms with van der Waals surface area (Å²) in [6.07, 6.45) is 0.0950. The Morgan fingerprint density at radius 2 is 1.90 bits per heavy atom. The Balaban J connectivity index is 0.00000341. The van der Waals surface area contributed by atoms with Crippen LogP contribution in [0.15, 0.2) is 53.5 Å². The predicted octanol–water partition coefficient (Wildman–Crippen LogP) is 3.77. The number of aliphatic imine (C=N–C) groups is 1. The molecule has 6 nitrogen and oxygen atoms in total. The molecule has 0 aliphatic heterocycles. The number of fused-ring (bicyclic) bond motifs is 1. The molecule has 3 aromatic rings. The monoisotopic (exact) mass is 540 g/mol. The van der Waals surface area contributed by atoms with Crippen molar-refractivity contribution in [2.24, 2.45) is 4.99 Å². The third-order valence-corrected chi connectivity index (χ3v) is 4.75. The highest BCUT2D eigenvalue weighted by molar-refractivity contribution is 14.0. The van der Waals surface area contributed by atoms with Crippen LogP contribution in [-0.2, 0) is 6.42 Å². The van der Waals surface area contributed by atoms with Gasteiger partial charge in [-0.3, -0.25) is 4.99 Å². The number of ether oxygens (including phenoxy) is 1. The highest BCUT2D eigenvalue weighted by Crippen LogP contribution is 2.21. The zero-order chi connectivity index (χ0) is 21.3. The number of guanidine groups is 1. The first kappa shape index (κ1) is 24.9. The van der Waals surface area contributed by atoms with E-state index in [1.165, 1.54) is 40.9 Å². The molecule has 168 valence electrons. The fourth-order valence-electron chi connectivity index (χ4n) is 3.28. The molecule has 0 fully saturated rings. The van der Waals surface area contributed by atoms with E-state index in [4.69, 9.17) is 4.74 Å². The average molecular weight is 540 g/mol. The fraction of sp³-hybridized carbons (Fsp3) is 0.348. The van der Waals surface area contributed by atoms with Crippen LogP contribution in [0.25, 0.3) is 10.9 Å². The van der Waals surface area contributed by atoms with Gasteiger partial charge in [0.15, 0.2) is 5.96 Å². The van der Waals surface area contributed by atoms with Crippen LogP contribution in [0, 0.1) is 12.7 Å². The molecular formula is C23H30FIN4O2. The van der Waals surface area contributed by atoms with Gasteiger partial charge in [0.1, 0.15) is 24.3 Å². The molecule has 1 atom stereocenters. The van der Waals surface area contributed by atoms with Gasteiger partial charge in [0, 0.05) is 29.7 Å². The number of nitrogens with zero attached hydrogens (tertiary/aromatic N) is 1. The highest BCUT2D eigenvalue weighted by atomic mass is 127. The zero-order valence-electron chi connectivity index (χ0n) is 17.8. The molecule has 0 aliphatic rings. The smallest absolute Gasteiger partial charge is 0.191 e. The molecule has 1 heterocycles. The Morgan fingerprint density at radius 1 is 1.16 bits per heavy atom. The molecule has 0 amide bonds. The topological polar surface area (TPSA) is 81.7 Å². The predicted molar refractivity (Wildman–Crippen MR) is 134 cm³/mol. The Bertz CT molecular complexity index is 975. The molecule has 0 spiro atoms. The number of aromatic amines is 1. The lowest BCUT2D eigenvalue weighted by atomic mass is 10.1. The minimum atomic E-state index is -0.763. The number of aryl methyl sites for hydroxylation is 1. The van der Waals surface area contributed by atoms with E-state index in [-0.39, 0.29) is 42.9 Å². The van der Waals surface area contributed by atoms with Gasteiger partial charge in [0.2, 0.25) is 0 Å². The van der Waals surface area contributed by atoms with Crippen LogP contribution in [0.5, 0.6) is 5.75 Å². The first-order valence-corrected chi connectivity index (χ1v) is 10.2. The van der Waals surface area contributed by atoms with Crippen molar-refractivity contribution in [3.63, 3.8) is 0 Å². The molecule has 8 heteroatoms. The van der Waals surface area contributed by atoms with Crippen LogP contribution in [0.3, 0.4) is 0 Å². The Kier molecular flexibility index (Phi) is 10.1. The summed E-state index contributed by atoms with van der Waals surface area (Å²) in [7, 11) is 0. The van der Waals surface area contributed by atoms with Gasteiger partial charge >= 0.3 is 0 Å². The number of halogens is 2. The number of aliphatic hydroxyl groups excluding tert-OH is 1. The number of aliphatic hydroxyl groups is 1. The maximum Gasteiger partial charge on any atom is 0.191 e. The van der Waals surface area contributed by atoms with Crippen molar-refractivity contribution in [2.45, 2.75) is 26.4 Å². The van der Waals surface area contributed by atoms with E-state index in [2.05, 4.69) is 39.7 Å². The molecule has 1 aromatic heterocycles. The lowest BCUT2D eigenvalue weighted by Gasteiger charge is -2.14. The molecule has 1 unspecified atom stereocenters. The number of H-pyrrole nitrogens is 1. The van der Waals surface area contributed by atoms with Crippen molar-refractivity contribution in [1.29, 1.82) is 0 Å². The van der Waals surface area contributed by atoms with Crippen LogP contribution in [0.2, 0.25) is 0 Å². The number of nitrogens with one attached hydrogen (secondary N) is 3. The van der Waals surface area contributed by atoms with Crippen LogP contribution >= 0.6 is 24.0 Å². The van der Waals surface area contributed by atoms with E-state index in [9.17, 15) is 9.50 Å². The normalized spacial score (nSPS) is 12.3. The summed E-state index contributed by atoms with van der Waals surface area (Å²) < 4.78 is 18.4. The van der Waals surface area contributed by atoms with Crippen LogP contribution in [-0.4, -0.2) is 48.4 Å². The summed E-state index contributed by atoms with van der Waals surface area (Å²) in [6.45, 7) is 5.81. The van der Waals surface area contributed by atoms with Crippen molar-refractivity contribution in [3.05, 3.63) is 65.6 Å². The molecule has 0 aliphatic carbocycles. The van der Waals surface area contributed by atoms with E-state index >= 15 is 0 Å². The third kappa shape index (κ3) is 7.39. The maximum atomic E-state index is 12.9. The number of aromatic nitrogens is 1. The van der Waals surface area contributed by atoms with Crippen LogP contribution < -0.4 is 15.4 Å². The minimum absolute atomic E-state index is 0. The van der Waals surface area contributed by atoms with Gasteiger partial charge < -0.3 is 25.5 Å². The van der Waals surface area contributed by atoms with Crippen molar-refractivity contribution in [1.82, 2.24) is 15.6 Å². The second-order valence-electron chi connectivity index (χ2n) is 7.09. The summed E-state index contributed by atoms with van der Waals surface area (Å²) in [5.41, 5.74) is 3.62. The Labute approximate surface area is 199 Å². The van der Waals surface area contributed by atoms with E-state index in [1.54, 1.807) is 0 Å². The lowest BCUT2D eigenvalue weighted by molar-refractivity contribution is 0.114. The second kappa shape index (κ2) is 12.5. The van der Waals surface area contributed by atoms with Crippen molar-refractivity contribution in [2.75, 3.05) is 26.2 Å². The third-order valence-electron chi connectivity index (χ3n) is 4.75. The standard InChI is InChI=1S/C23H29FN4O2.HI/c1-3-25-23(27-14-18(29)15-30-19-10-8-17(24)9-11-19)26-13-12-20-16(2)28-22-7-5-4-6-21(20)22;/h4-11,18,28-29H,3,12-15H2,1-2H3,(H2,25,26,27);1H. The molecule has 31 heavy (non-hydrogen) atoms. The molecular weight excluding hydrogens is 510 g/mol. The fourth-order valence-corrected chi connectivity index (χ4v) is 3.28. The number of para-hydroxylation sites is 1. The minimum Gasteiger partial charge on any atom is -0.491 e. The Morgan fingerprint density at radius 3 is 2.65 bits per heavy atom. The molecule has 2 aromatic carbocycles. The quantitative estimate of drug-likeness (QED) is 0.189.